The summed E-state index contributed by atoms with van der Waals surface area (Å²) in [4.78, 5) is 4.05. The van der Waals surface area contributed by atoms with Gasteiger partial charge in [-0.25, -0.2) is 27.5 Å². The highest BCUT2D eigenvalue weighted by Crippen LogP contribution is 2.34. The lowest BCUT2D eigenvalue weighted by Crippen LogP contribution is -2.36. The summed E-state index contributed by atoms with van der Waals surface area (Å²) in [7, 11) is 0. The van der Waals surface area contributed by atoms with Crippen LogP contribution in [-0.4, -0.2) is 52.8 Å². The predicted molar refractivity (Wildman–Crippen MR) is 132 cm³/mol. The van der Waals surface area contributed by atoms with E-state index in [9.17, 15) is 22.8 Å². The molecule has 0 amide bonds. The van der Waals surface area contributed by atoms with Gasteiger partial charge >= 0.3 is 6.61 Å². The van der Waals surface area contributed by atoms with E-state index in [-0.39, 0.29) is 34.0 Å². The van der Waals surface area contributed by atoms with E-state index in [0.29, 0.717) is 16.2 Å². The number of aromatic nitrogens is 9. The number of rotatable bonds is 10. The molecule has 0 saturated heterocycles. The van der Waals surface area contributed by atoms with Crippen LogP contribution in [-0.2, 0) is 4.74 Å². The Labute approximate surface area is 233 Å². The minimum Gasteiger partial charge on any atom is -0.618 e. The Kier molecular flexibility index (Phi) is 7.94. The molecule has 4 heterocycles. The van der Waals surface area contributed by atoms with Crippen LogP contribution in [0.1, 0.15) is 36.1 Å². The van der Waals surface area contributed by atoms with Gasteiger partial charge in [0, 0.05) is 12.5 Å². The monoisotopic (exact) mass is 595 g/mol. The number of aryl methyl sites for hydroxylation is 1. The Morgan fingerprint density at radius 3 is 2.56 bits per heavy atom. The molecule has 214 valence electrons. The Hall–Kier alpha value is -4.44. The minimum absolute atomic E-state index is 0.000719. The summed E-state index contributed by atoms with van der Waals surface area (Å²) in [5, 5.41) is 28.5. The molecule has 5 aromatic rings. The van der Waals surface area contributed by atoms with E-state index < -0.39 is 37.2 Å². The van der Waals surface area contributed by atoms with Crippen LogP contribution in [0.2, 0.25) is 5.02 Å². The summed E-state index contributed by atoms with van der Waals surface area (Å²) in [6.45, 7) is -1.73. The van der Waals surface area contributed by atoms with Crippen molar-refractivity contribution in [1.82, 2.24) is 39.5 Å². The van der Waals surface area contributed by atoms with Crippen LogP contribution >= 0.6 is 11.6 Å². The number of halogens is 6. The number of alkyl halides is 4. The zero-order chi connectivity index (χ0) is 29.3. The summed E-state index contributed by atoms with van der Waals surface area (Å²) in [5.41, 5.74) is -0.216. The van der Waals surface area contributed by atoms with Crippen molar-refractivity contribution in [3.63, 3.8) is 0 Å². The van der Waals surface area contributed by atoms with Crippen LogP contribution in [0, 0.1) is 17.9 Å². The third-order valence-corrected chi connectivity index (χ3v) is 6.33. The summed E-state index contributed by atoms with van der Waals surface area (Å²) in [6, 6.07) is 4.44. The van der Waals surface area contributed by atoms with Crippen LogP contribution in [0.3, 0.4) is 0 Å². The van der Waals surface area contributed by atoms with Crippen molar-refractivity contribution in [2.24, 2.45) is 0 Å². The highest BCUT2D eigenvalue weighted by Gasteiger charge is 2.27. The molecule has 11 nitrogen and oxygen atoms in total. The molecule has 1 atom stereocenters. The van der Waals surface area contributed by atoms with E-state index >= 15 is 4.39 Å². The topological polar surface area (TPSA) is 115 Å². The van der Waals surface area contributed by atoms with Gasteiger partial charge in [-0.15, -0.1) is 5.10 Å². The summed E-state index contributed by atoms with van der Waals surface area (Å²) in [6.07, 6.45) is 3.47. The maximum atomic E-state index is 15.3. The molecule has 0 saturated carbocycles. The third kappa shape index (κ3) is 5.88. The number of nitrogens with zero attached hydrogens (tertiary/aromatic N) is 9. The lowest BCUT2D eigenvalue weighted by Gasteiger charge is -2.18. The molecule has 41 heavy (non-hydrogen) atoms. The van der Waals surface area contributed by atoms with Gasteiger partial charge in [-0.2, -0.15) is 23.7 Å². The maximum Gasteiger partial charge on any atom is 0.345 e. The molecule has 5 rings (SSSR count). The van der Waals surface area contributed by atoms with Crippen LogP contribution in [0.4, 0.5) is 22.0 Å². The highest BCUT2D eigenvalue weighted by atomic mass is 35.5. The predicted octanol–water partition coefficient (Wildman–Crippen LogP) is 4.60. The molecule has 0 N–H and O–H groups in total. The molecule has 0 aliphatic carbocycles. The Bertz CT molecular complexity index is 1670. The largest absolute Gasteiger partial charge is 0.618 e. The summed E-state index contributed by atoms with van der Waals surface area (Å²) < 4.78 is 75.5. The normalized spacial score (nSPS) is 12.5. The van der Waals surface area contributed by atoms with Crippen LogP contribution in [0.15, 0.2) is 55.4 Å². The zero-order valence-electron chi connectivity index (χ0n) is 21.0. The van der Waals surface area contributed by atoms with Crippen molar-refractivity contribution in [3.05, 3.63) is 88.6 Å². The molecule has 17 heteroatoms. The first-order chi connectivity index (χ1) is 19.6. The second-order valence-corrected chi connectivity index (χ2v) is 9.07. The first-order valence-corrected chi connectivity index (χ1v) is 12.2. The van der Waals surface area contributed by atoms with Crippen molar-refractivity contribution in [3.8, 4) is 22.5 Å². The quantitative estimate of drug-likeness (QED) is 0.132. The molecule has 0 unspecified atom stereocenters. The van der Waals surface area contributed by atoms with Crippen molar-refractivity contribution >= 4 is 11.6 Å². The van der Waals surface area contributed by atoms with E-state index in [1.165, 1.54) is 46.2 Å². The van der Waals surface area contributed by atoms with Gasteiger partial charge in [0.1, 0.15) is 29.6 Å². The average Bonchev–Trinajstić information content (AvgIpc) is 3.69. The van der Waals surface area contributed by atoms with E-state index in [2.05, 4.69) is 30.2 Å². The lowest BCUT2D eigenvalue weighted by atomic mass is 10.0. The molecule has 4 aromatic heterocycles. The molecule has 0 aliphatic rings. The zero-order valence-corrected chi connectivity index (χ0v) is 21.7. The van der Waals surface area contributed by atoms with Gasteiger partial charge in [-0.3, -0.25) is 4.68 Å². The summed E-state index contributed by atoms with van der Waals surface area (Å²) >= 11 is 5.99. The number of benzene rings is 1. The van der Waals surface area contributed by atoms with Gasteiger partial charge in [0.05, 0.1) is 47.0 Å². The second kappa shape index (κ2) is 11.6. The Morgan fingerprint density at radius 2 is 1.90 bits per heavy atom. The molecule has 1 aromatic carbocycles. The summed E-state index contributed by atoms with van der Waals surface area (Å²) in [5.74, 6) is -0.413. The second-order valence-electron chi connectivity index (χ2n) is 8.66. The number of ether oxygens (including phenoxy) is 1. The molecular formula is C24H19ClF5N9O2. The minimum atomic E-state index is -3.02. The van der Waals surface area contributed by atoms with Gasteiger partial charge in [0.2, 0.25) is 5.69 Å². The average molecular weight is 596 g/mol. The highest BCUT2D eigenvalue weighted by molar-refractivity contribution is 6.31. The van der Waals surface area contributed by atoms with Gasteiger partial charge in [0.15, 0.2) is 12.0 Å². The van der Waals surface area contributed by atoms with Gasteiger partial charge in [-0.05, 0) is 25.1 Å². The molecule has 0 aliphatic heterocycles. The fourth-order valence-electron chi connectivity index (χ4n) is 4.17. The van der Waals surface area contributed by atoms with E-state index in [0.717, 1.165) is 17.1 Å². The molecule has 0 fully saturated rings. The first-order valence-electron chi connectivity index (χ1n) is 11.9. The van der Waals surface area contributed by atoms with Crippen LogP contribution in [0.25, 0.3) is 22.5 Å². The van der Waals surface area contributed by atoms with Crippen LogP contribution < -0.4 is 4.73 Å². The molecule has 0 radical (unpaired) electrons. The SMILES string of the molecule is Cc1ncn(-c2cnn([C@@H](CCOC(F)F)c3ccc(-c4c(-n5cc(C(F)F)nn5)ccc(Cl)c4F)c[n+]3[O-])c2)n1. The van der Waals surface area contributed by atoms with E-state index in [1.807, 2.05) is 0 Å². The van der Waals surface area contributed by atoms with Gasteiger partial charge in [-0.1, -0.05) is 16.8 Å². The number of pyridine rings is 1. The van der Waals surface area contributed by atoms with Crippen LogP contribution in [0.5, 0.6) is 0 Å². The Balaban J connectivity index is 1.54. The van der Waals surface area contributed by atoms with Crippen molar-refractivity contribution in [1.29, 1.82) is 0 Å². The standard InChI is InChI=1S/C24H19ClF5N9O2/c1-13-31-12-38(34-13)15-8-32-36(10-15)18(6-7-41-24(29)30)19-4-2-14(9-39(19)40)21-20(5-3-16(25)22(21)26)37-11-17(23(27)28)33-35-37/h2-5,8-12,18,23-24H,6-7H2,1H3/t18-/m0/s1. The van der Waals surface area contributed by atoms with Crippen molar-refractivity contribution in [2.45, 2.75) is 32.4 Å². The molecule has 0 spiro atoms. The lowest BCUT2D eigenvalue weighted by molar-refractivity contribution is -0.615. The molecular weight excluding hydrogens is 577 g/mol. The van der Waals surface area contributed by atoms with E-state index in [4.69, 9.17) is 11.6 Å². The van der Waals surface area contributed by atoms with Gasteiger partial charge < -0.3 is 9.94 Å². The van der Waals surface area contributed by atoms with E-state index in [1.54, 1.807) is 13.1 Å². The number of hydrogen-bond acceptors (Lipinski definition) is 7. The van der Waals surface area contributed by atoms with Crippen molar-refractivity contribution < 1.29 is 31.4 Å². The Morgan fingerprint density at radius 1 is 1.10 bits per heavy atom. The van der Waals surface area contributed by atoms with Gasteiger partial charge in [0.25, 0.3) is 6.43 Å². The molecule has 0 bridgehead atoms. The first kappa shape index (κ1) is 28.1. The third-order valence-electron chi connectivity index (χ3n) is 6.04. The fourth-order valence-corrected chi connectivity index (χ4v) is 4.33. The van der Waals surface area contributed by atoms with Crippen molar-refractivity contribution in [2.75, 3.05) is 6.61 Å². The fraction of sp³-hybridized carbons (Fsp3) is 0.250. The smallest absolute Gasteiger partial charge is 0.345 e. The number of hydrogen-bond donors (Lipinski definition) is 0. The maximum absolute atomic E-state index is 15.3.